The number of furan rings is 1. The second-order valence-electron chi connectivity index (χ2n) is 3.88. The van der Waals surface area contributed by atoms with Gasteiger partial charge in [0.05, 0.1) is 0 Å². The van der Waals surface area contributed by atoms with E-state index >= 15 is 0 Å². The highest BCUT2D eigenvalue weighted by Gasteiger charge is 2.43. The molecule has 1 unspecified atom stereocenters. The van der Waals surface area contributed by atoms with Crippen LogP contribution in [0.5, 0.6) is 0 Å². The van der Waals surface area contributed by atoms with Gasteiger partial charge in [-0.3, -0.25) is 0 Å². The van der Waals surface area contributed by atoms with Gasteiger partial charge in [0.25, 0.3) is 0 Å². The van der Waals surface area contributed by atoms with Crippen LogP contribution in [0.3, 0.4) is 0 Å². The largest absolute Gasteiger partial charge is 0.458 e. The first-order valence-electron chi connectivity index (χ1n) is 5.30. The number of hydrogen-bond acceptors (Lipinski definition) is 2. The predicted octanol–water partition coefficient (Wildman–Crippen LogP) is 3.73. The zero-order valence-electron chi connectivity index (χ0n) is 9.38. The molecule has 2 nitrogen and oxygen atoms in total. The zero-order valence-corrected chi connectivity index (χ0v) is 9.38. The molecule has 6 heteroatoms. The van der Waals surface area contributed by atoms with Crippen molar-refractivity contribution in [3.8, 4) is 0 Å². The van der Waals surface area contributed by atoms with E-state index in [1.165, 1.54) is 6.07 Å². The average Bonchev–Trinajstić information content (AvgIpc) is 2.64. The van der Waals surface area contributed by atoms with Crippen molar-refractivity contribution in [2.75, 3.05) is 0 Å². The highest BCUT2D eigenvalue weighted by Crippen LogP contribution is 2.38. The molecule has 18 heavy (non-hydrogen) atoms. The van der Waals surface area contributed by atoms with Crippen molar-refractivity contribution in [1.29, 1.82) is 0 Å². The zero-order chi connectivity index (χ0) is 13.5. The standard InChI is InChI=1S/C12H10F4O2/c1-2-7-8-5-6(13)3-4-9(8)18-10(7)11(17)12(14,15)16/h3-5,11,17H,2H2,1H3. The summed E-state index contributed by atoms with van der Waals surface area (Å²) in [5.41, 5.74) is 0.306. The number of aliphatic hydroxyl groups excluding tert-OH is 1. The molecule has 0 spiro atoms. The molecule has 0 fully saturated rings. The van der Waals surface area contributed by atoms with Crippen molar-refractivity contribution >= 4 is 11.0 Å². The van der Waals surface area contributed by atoms with E-state index in [9.17, 15) is 22.7 Å². The highest BCUT2D eigenvalue weighted by molar-refractivity contribution is 5.82. The van der Waals surface area contributed by atoms with E-state index in [1.54, 1.807) is 6.92 Å². The number of halogens is 4. The molecule has 0 saturated carbocycles. The molecular weight excluding hydrogens is 252 g/mol. The molecule has 0 amide bonds. The van der Waals surface area contributed by atoms with Crippen LogP contribution in [0.1, 0.15) is 24.4 Å². The molecule has 98 valence electrons. The third-order valence-electron chi connectivity index (χ3n) is 2.70. The van der Waals surface area contributed by atoms with Crippen molar-refractivity contribution in [3.05, 3.63) is 35.3 Å². The lowest BCUT2D eigenvalue weighted by molar-refractivity contribution is -0.211. The maximum atomic E-state index is 13.1. The van der Waals surface area contributed by atoms with Gasteiger partial charge in [0.2, 0.25) is 6.10 Å². The molecule has 0 aliphatic carbocycles. The Hall–Kier alpha value is -1.56. The third kappa shape index (κ3) is 2.08. The monoisotopic (exact) mass is 262 g/mol. The minimum absolute atomic E-state index is 0.131. The highest BCUT2D eigenvalue weighted by atomic mass is 19.4. The molecular formula is C12H10F4O2. The third-order valence-corrected chi connectivity index (χ3v) is 2.70. The maximum Gasteiger partial charge on any atom is 0.421 e. The van der Waals surface area contributed by atoms with Crippen LogP contribution < -0.4 is 0 Å². The van der Waals surface area contributed by atoms with Gasteiger partial charge in [-0.05, 0) is 24.6 Å². The molecule has 2 rings (SSSR count). The predicted molar refractivity (Wildman–Crippen MR) is 56.6 cm³/mol. The summed E-state index contributed by atoms with van der Waals surface area (Å²) in [5, 5.41) is 9.49. The summed E-state index contributed by atoms with van der Waals surface area (Å²) >= 11 is 0. The van der Waals surface area contributed by atoms with E-state index in [1.807, 2.05) is 0 Å². The molecule has 0 aliphatic rings. The minimum Gasteiger partial charge on any atom is -0.458 e. The summed E-state index contributed by atoms with van der Waals surface area (Å²) in [6, 6.07) is 3.44. The second kappa shape index (κ2) is 4.28. The lowest BCUT2D eigenvalue weighted by atomic mass is 10.1. The first-order chi connectivity index (χ1) is 8.34. The number of alkyl halides is 3. The maximum absolute atomic E-state index is 13.1. The molecule has 0 saturated heterocycles. The molecule has 1 N–H and O–H groups in total. The van der Waals surface area contributed by atoms with Gasteiger partial charge in [-0.15, -0.1) is 0 Å². The second-order valence-corrected chi connectivity index (χ2v) is 3.88. The number of aryl methyl sites for hydroxylation is 1. The van der Waals surface area contributed by atoms with Gasteiger partial charge in [-0.1, -0.05) is 6.92 Å². The summed E-state index contributed by atoms with van der Waals surface area (Å²) in [4.78, 5) is 0. The van der Waals surface area contributed by atoms with Crippen LogP contribution in [0.4, 0.5) is 17.6 Å². The van der Waals surface area contributed by atoms with Gasteiger partial charge in [0.15, 0.2) is 0 Å². The first-order valence-corrected chi connectivity index (χ1v) is 5.30. The van der Waals surface area contributed by atoms with Gasteiger partial charge < -0.3 is 9.52 Å². The lowest BCUT2D eigenvalue weighted by Gasteiger charge is -2.13. The smallest absolute Gasteiger partial charge is 0.421 e. The fourth-order valence-electron chi connectivity index (χ4n) is 1.87. The number of benzene rings is 1. The van der Waals surface area contributed by atoms with Crippen LogP contribution in [0.25, 0.3) is 11.0 Å². The van der Waals surface area contributed by atoms with Crippen LogP contribution in [-0.2, 0) is 6.42 Å². The van der Waals surface area contributed by atoms with E-state index in [4.69, 9.17) is 4.42 Å². The molecule has 1 atom stereocenters. The Labute approximate surface area is 99.8 Å². The van der Waals surface area contributed by atoms with Crippen molar-refractivity contribution in [1.82, 2.24) is 0 Å². The van der Waals surface area contributed by atoms with Crippen LogP contribution in [0, 0.1) is 5.82 Å². The summed E-state index contributed by atoms with van der Waals surface area (Å²) in [5.74, 6) is -1.13. The molecule has 1 aromatic heterocycles. The Morgan fingerprint density at radius 1 is 1.33 bits per heavy atom. The van der Waals surface area contributed by atoms with Gasteiger partial charge in [0, 0.05) is 10.9 Å². The Balaban J connectivity index is 2.65. The van der Waals surface area contributed by atoms with E-state index in [0.717, 1.165) is 12.1 Å². The van der Waals surface area contributed by atoms with E-state index in [2.05, 4.69) is 0 Å². The Morgan fingerprint density at radius 3 is 2.56 bits per heavy atom. The van der Waals surface area contributed by atoms with E-state index in [-0.39, 0.29) is 23.0 Å². The molecule has 0 bridgehead atoms. The van der Waals surface area contributed by atoms with Crippen LogP contribution in [0.2, 0.25) is 0 Å². The fraction of sp³-hybridized carbons (Fsp3) is 0.333. The van der Waals surface area contributed by atoms with Gasteiger partial charge >= 0.3 is 6.18 Å². The topological polar surface area (TPSA) is 33.4 Å². The molecule has 1 aromatic carbocycles. The summed E-state index contributed by atoms with van der Waals surface area (Å²) in [7, 11) is 0. The van der Waals surface area contributed by atoms with Gasteiger partial charge in [-0.25, -0.2) is 4.39 Å². The Bertz CT molecular complexity index is 571. The SMILES string of the molecule is CCc1c(C(O)C(F)(F)F)oc2ccc(F)cc12. The first kappa shape index (κ1) is 12.9. The van der Waals surface area contributed by atoms with E-state index in [0.29, 0.717) is 0 Å². The molecule has 0 aliphatic heterocycles. The quantitative estimate of drug-likeness (QED) is 0.836. The number of aliphatic hydroxyl groups is 1. The van der Waals surface area contributed by atoms with Gasteiger partial charge in [0.1, 0.15) is 17.2 Å². The number of rotatable bonds is 2. The Morgan fingerprint density at radius 2 is 2.00 bits per heavy atom. The van der Waals surface area contributed by atoms with Crippen molar-refractivity contribution in [2.24, 2.45) is 0 Å². The van der Waals surface area contributed by atoms with E-state index < -0.39 is 23.9 Å². The van der Waals surface area contributed by atoms with Crippen LogP contribution in [-0.4, -0.2) is 11.3 Å². The normalized spacial score (nSPS) is 14.1. The Kier molecular flexibility index (Phi) is 3.06. The molecule has 1 heterocycles. The number of hydrogen-bond donors (Lipinski definition) is 1. The summed E-state index contributed by atoms with van der Waals surface area (Å²) < 4.78 is 55.5. The molecule has 2 aromatic rings. The minimum atomic E-state index is -4.81. The number of fused-ring (bicyclic) bond motifs is 1. The summed E-state index contributed by atoms with van der Waals surface area (Å²) in [6.07, 6.45) is -7.29. The molecule has 0 radical (unpaired) electrons. The van der Waals surface area contributed by atoms with Gasteiger partial charge in [-0.2, -0.15) is 13.2 Å². The fourth-order valence-corrected chi connectivity index (χ4v) is 1.87. The van der Waals surface area contributed by atoms with Crippen LogP contribution in [0.15, 0.2) is 22.6 Å². The summed E-state index contributed by atoms with van der Waals surface area (Å²) in [6.45, 7) is 1.61. The van der Waals surface area contributed by atoms with Crippen molar-refractivity contribution in [3.63, 3.8) is 0 Å². The van der Waals surface area contributed by atoms with Crippen LogP contribution >= 0.6 is 0 Å². The van der Waals surface area contributed by atoms with Crippen molar-refractivity contribution in [2.45, 2.75) is 25.6 Å². The van der Waals surface area contributed by atoms with Crippen molar-refractivity contribution < 1.29 is 27.1 Å². The lowest BCUT2D eigenvalue weighted by Crippen LogP contribution is -2.20. The average molecular weight is 262 g/mol.